The maximum absolute atomic E-state index is 14.2. The van der Waals surface area contributed by atoms with E-state index in [0.717, 1.165) is 74.3 Å². The first-order valence-electron chi connectivity index (χ1n) is 21.9. The van der Waals surface area contributed by atoms with E-state index in [1.54, 1.807) is 18.2 Å². The van der Waals surface area contributed by atoms with E-state index in [1.165, 1.54) is 14.2 Å². The third-order valence-corrected chi connectivity index (χ3v) is 13.0. The number of benzene rings is 4. The molecule has 15 nitrogen and oxygen atoms in total. The lowest BCUT2D eigenvalue weighted by molar-refractivity contribution is -0.135. The lowest BCUT2D eigenvalue weighted by atomic mass is 9.90. The molecule has 4 aromatic carbocycles. The number of aliphatic imine (C=N–C) groups is 1. The number of nitrogens with one attached hydrogen (secondary N) is 3. The zero-order chi connectivity index (χ0) is 44.6. The van der Waals surface area contributed by atoms with Crippen molar-refractivity contribution in [2.24, 2.45) is 16.8 Å². The maximum atomic E-state index is 14.2. The van der Waals surface area contributed by atoms with E-state index >= 15 is 0 Å². The fourth-order valence-electron chi connectivity index (χ4n) is 9.86. The van der Waals surface area contributed by atoms with Crippen LogP contribution in [0.5, 0.6) is 5.75 Å². The predicted molar refractivity (Wildman–Crippen MR) is 240 cm³/mol. The Hall–Kier alpha value is -6.74. The number of aromatic nitrogens is 2. The molecule has 0 unspecified atom stereocenters. The van der Waals surface area contributed by atoms with E-state index in [1.807, 2.05) is 49.1 Å². The van der Waals surface area contributed by atoms with Gasteiger partial charge in [0.2, 0.25) is 11.8 Å². The highest BCUT2D eigenvalue weighted by Crippen LogP contribution is 2.45. The summed E-state index contributed by atoms with van der Waals surface area (Å²) in [5.41, 5.74) is 8.53. The van der Waals surface area contributed by atoms with Crippen LogP contribution in [0.4, 0.5) is 15.3 Å². The molecule has 0 spiro atoms. The quantitative estimate of drug-likeness (QED) is 0.122. The summed E-state index contributed by atoms with van der Waals surface area (Å²) >= 11 is 0. The number of hydrogen-bond donors (Lipinski definition) is 3. The van der Waals surface area contributed by atoms with E-state index < -0.39 is 24.3 Å². The Labute approximate surface area is 371 Å². The van der Waals surface area contributed by atoms with Gasteiger partial charge in [-0.1, -0.05) is 62.4 Å². The molecule has 332 valence electrons. The van der Waals surface area contributed by atoms with E-state index in [-0.39, 0.29) is 35.7 Å². The smallest absolute Gasteiger partial charge is 0.407 e. The number of fused-ring (bicyclic) bond motifs is 6. The number of aromatic amines is 1. The number of imidazole rings is 1. The molecule has 0 saturated carbocycles. The highest BCUT2D eigenvalue weighted by Gasteiger charge is 2.42. The highest BCUT2D eigenvalue weighted by atomic mass is 16.5. The van der Waals surface area contributed by atoms with Gasteiger partial charge in [0.15, 0.2) is 0 Å². The lowest BCUT2D eigenvalue weighted by Gasteiger charge is -2.30. The second kappa shape index (κ2) is 17.8. The van der Waals surface area contributed by atoms with Crippen LogP contribution in [0.3, 0.4) is 0 Å². The van der Waals surface area contributed by atoms with Crippen LogP contribution in [0.1, 0.15) is 67.7 Å². The number of alkyl carbamates (subject to hydrolysis) is 2. The van der Waals surface area contributed by atoms with Crippen LogP contribution in [0.15, 0.2) is 84.0 Å². The van der Waals surface area contributed by atoms with Gasteiger partial charge in [0.05, 0.1) is 50.5 Å². The Morgan fingerprint density at radius 3 is 2.45 bits per heavy atom. The van der Waals surface area contributed by atoms with Crippen molar-refractivity contribution in [3.8, 4) is 28.1 Å². The number of H-pyrrole nitrogens is 1. The number of ether oxygens (including phenoxy) is 4. The van der Waals surface area contributed by atoms with Gasteiger partial charge in [-0.3, -0.25) is 14.6 Å². The van der Waals surface area contributed by atoms with E-state index in [0.29, 0.717) is 50.5 Å². The van der Waals surface area contributed by atoms with Gasteiger partial charge >= 0.3 is 12.2 Å². The van der Waals surface area contributed by atoms with Gasteiger partial charge in [-0.15, -0.1) is 0 Å². The molecule has 5 aromatic rings. The number of amides is 4. The SMILES string of the molecule is COC[C@H]1C[C@@H](c2ncc(-c3ccc4c(c3)COc3cc5c6c(ccc5cc3-4)N=C([C@@H]3CCCN3C(=O)[C@H](NC(=O)OC)c3ccccc3)C6)[nH]2)N(C(=O)[C@@H](NC(=O)OC)C(C)C)C1. The number of nitrogens with zero attached hydrogens (tertiary/aromatic N) is 4. The monoisotopic (exact) mass is 867 g/mol. The fourth-order valence-corrected chi connectivity index (χ4v) is 9.86. The van der Waals surface area contributed by atoms with Gasteiger partial charge in [0.25, 0.3) is 0 Å². The van der Waals surface area contributed by atoms with Gasteiger partial charge in [0, 0.05) is 43.8 Å². The molecule has 1 aromatic heterocycles. The molecule has 2 fully saturated rings. The van der Waals surface area contributed by atoms with Crippen molar-refractivity contribution in [2.75, 3.05) is 41.0 Å². The summed E-state index contributed by atoms with van der Waals surface area (Å²) in [7, 11) is 4.23. The molecule has 4 aliphatic heterocycles. The summed E-state index contributed by atoms with van der Waals surface area (Å²) in [5.74, 6) is 1.05. The molecule has 2 saturated heterocycles. The van der Waals surface area contributed by atoms with Crippen molar-refractivity contribution in [1.82, 2.24) is 30.4 Å². The highest BCUT2D eigenvalue weighted by molar-refractivity contribution is 6.06. The van der Waals surface area contributed by atoms with Crippen LogP contribution in [0.25, 0.3) is 33.2 Å². The summed E-state index contributed by atoms with van der Waals surface area (Å²) in [6, 6.07) is 21.9. The summed E-state index contributed by atoms with van der Waals surface area (Å²) < 4.78 is 21.7. The zero-order valence-corrected chi connectivity index (χ0v) is 36.7. The number of hydrogen-bond acceptors (Lipinski definition) is 10. The second-order valence-electron chi connectivity index (χ2n) is 17.3. The molecule has 4 amide bonds. The molecule has 5 atom stereocenters. The van der Waals surface area contributed by atoms with E-state index in [4.69, 9.17) is 28.9 Å². The topological polar surface area (TPSA) is 177 Å². The predicted octanol–water partition coefficient (Wildman–Crippen LogP) is 7.42. The Bertz CT molecular complexity index is 2640. The third-order valence-electron chi connectivity index (χ3n) is 13.0. The van der Waals surface area contributed by atoms with Gasteiger partial charge in [0.1, 0.15) is 30.3 Å². The number of likely N-dealkylation sites (tertiary alicyclic amines) is 2. The summed E-state index contributed by atoms with van der Waals surface area (Å²) in [6.45, 7) is 5.72. The molecule has 3 N–H and O–H groups in total. The van der Waals surface area contributed by atoms with Crippen LogP contribution in [0.2, 0.25) is 0 Å². The second-order valence-corrected chi connectivity index (χ2v) is 17.3. The molecule has 5 heterocycles. The molecule has 0 bridgehead atoms. The first kappa shape index (κ1) is 42.6. The van der Waals surface area contributed by atoms with Crippen LogP contribution in [-0.4, -0.2) is 103 Å². The third kappa shape index (κ3) is 8.04. The first-order chi connectivity index (χ1) is 31.0. The molecular formula is C49H53N7O8. The van der Waals surface area contributed by atoms with Crippen molar-refractivity contribution >= 4 is 46.2 Å². The molecule has 15 heteroatoms. The molecule has 9 rings (SSSR count). The first-order valence-corrected chi connectivity index (χ1v) is 21.9. The molecule has 0 radical (unpaired) electrons. The van der Waals surface area contributed by atoms with Crippen molar-refractivity contribution in [2.45, 2.75) is 70.3 Å². The normalized spacial score (nSPS) is 19.6. The number of rotatable bonds is 11. The van der Waals surface area contributed by atoms with Gasteiger partial charge in [-0.2, -0.15) is 0 Å². The van der Waals surface area contributed by atoms with Crippen LogP contribution >= 0.6 is 0 Å². The van der Waals surface area contributed by atoms with Gasteiger partial charge < -0.3 is 44.4 Å². The maximum Gasteiger partial charge on any atom is 0.407 e. The largest absolute Gasteiger partial charge is 0.488 e. The number of methoxy groups -OCH3 is 3. The van der Waals surface area contributed by atoms with E-state index in [2.05, 4.69) is 58.1 Å². The standard InChI is InChI=1S/C49H53N7O8/c1-27(2)43(53-48(59)62-4)46(57)56-24-28(25-61-3)18-41(56)45-50-23-39(52-45)31-13-15-33-32(19-31)26-64-42-22-34-30(20-36(33)42)14-16-37-35(34)21-38(51-37)40-12-9-17-55(40)47(58)44(54-49(60)63-5)29-10-7-6-8-11-29/h6-8,10-11,13-16,19-20,22-23,27-28,40-41,43-44H,9,12,17-18,21,24-26H2,1-5H3,(H,50,52)(H,53,59)(H,54,60)/t28-,40-,41-,43-,44+/m0/s1. The van der Waals surface area contributed by atoms with Gasteiger partial charge in [-0.05, 0) is 88.0 Å². The summed E-state index contributed by atoms with van der Waals surface area (Å²) in [5, 5.41) is 7.62. The Morgan fingerprint density at radius 1 is 0.891 bits per heavy atom. The van der Waals surface area contributed by atoms with Crippen molar-refractivity contribution in [3.63, 3.8) is 0 Å². The minimum Gasteiger partial charge on any atom is -0.488 e. The van der Waals surface area contributed by atoms with Crippen molar-refractivity contribution < 1.29 is 38.1 Å². The van der Waals surface area contributed by atoms with Gasteiger partial charge in [-0.25, -0.2) is 14.6 Å². The minimum atomic E-state index is -0.879. The lowest BCUT2D eigenvalue weighted by Crippen LogP contribution is -2.51. The fraction of sp³-hybridized carbons (Fsp3) is 0.388. The van der Waals surface area contributed by atoms with E-state index in [9.17, 15) is 19.2 Å². The van der Waals surface area contributed by atoms with Crippen molar-refractivity contribution in [1.29, 1.82) is 0 Å². The Kier molecular flexibility index (Phi) is 11.8. The molecular weight excluding hydrogens is 815 g/mol. The average molecular weight is 868 g/mol. The summed E-state index contributed by atoms with van der Waals surface area (Å²) in [6.07, 6.45) is 3.39. The summed E-state index contributed by atoms with van der Waals surface area (Å²) in [4.78, 5) is 69.7. The molecule has 0 aliphatic carbocycles. The van der Waals surface area contributed by atoms with Crippen LogP contribution < -0.4 is 15.4 Å². The Morgan fingerprint density at radius 2 is 1.69 bits per heavy atom. The molecule has 4 aliphatic rings. The zero-order valence-electron chi connectivity index (χ0n) is 36.7. The average Bonchev–Trinajstić information content (AvgIpc) is 4.15. The number of carbonyl (C=O) groups is 4. The Balaban J connectivity index is 0.937. The van der Waals surface area contributed by atoms with Crippen LogP contribution in [-0.2, 0) is 36.8 Å². The van der Waals surface area contributed by atoms with Crippen LogP contribution in [0, 0.1) is 11.8 Å². The van der Waals surface area contributed by atoms with Crippen molar-refractivity contribution in [3.05, 3.63) is 102 Å². The minimum absolute atomic E-state index is 0.107. The number of carbonyl (C=O) groups excluding carboxylic acids is 4. The molecule has 64 heavy (non-hydrogen) atoms.